The number of alkyl halides is 3. The Morgan fingerprint density at radius 1 is 1.13 bits per heavy atom. The summed E-state index contributed by atoms with van der Waals surface area (Å²) in [6, 6.07) is 1.16. The van der Waals surface area contributed by atoms with Crippen LogP contribution in [0.2, 0.25) is 0 Å². The minimum absolute atomic E-state index is 0.0280. The summed E-state index contributed by atoms with van der Waals surface area (Å²) in [7, 11) is 0. The smallest absolute Gasteiger partial charge is 0.417 e. The molecule has 1 aromatic rings. The van der Waals surface area contributed by atoms with Crippen molar-refractivity contribution in [1.29, 1.82) is 0 Å². The number of hydrogen-bond donors (Lipinski definition) is 0. The minimum Gasteiger partial charge on any atom is -0.479 e. The van der Waals surface area contributed by atoms with Crippen LogP contribution in [0.5, 0.6) is 5.75 Å². The Morgan fingerprint density at radius 3 is 2.37 bits per heavy atom. The van der Waals surface area contributed by atoms with Crippen molar-refractivity contribution >= 4 is 17.8 Å². The molecule has 2 amide bonds. The molecule has 2 fully saturated rings. The second-order valence-corrected chi connectivity index (χ2v) is 11.9. The standard InChI is InChI=1S/C28H37F3N2O5/c1-17(2)33(19-9-8-12-32(16-19)25(36)38-26(3,4)5)24(35)20-13-18-14-23(34)27(10-6-7-11-27)37-22(18)15-21(20)28(29,30)31/h13,15,17,19H,6-12,14,16H2,1-5H3/t19-/m1/s1. The van der Waals surface area contributed by atoms with Crippen molar-refractivity contribution in [2.75, 3.05) is 13.1 Å². The molecule has 38 heavy (non-hydrogen) atoms. The first kappa shape index (κ1) is 28.2. The zero-order chi connectivity index (χ0) is 28.0. The van der Waals surface area contributed by atoms with Crippen LogP contribution in [0.3, 0.4) is 0 Å². The topological polar surface area (TPSA) is 76.2 Å². The van der Waals surface area contributed by atoms with Gasteiger partial charge in [0, 0.05) is 31.1 Å². The van der Waals surface area contributed by atoms with Gasteiger partial charge in [-0.15, -0.1) is 0 Å². The van der Waals surface area contributed by atoms with E-state index in [1.54, 1.807) is 34.6 Å². The predicted molar refractivity (Wildman–Crippen MR) is 134 cm³/mol. The summed E-state index contributed by atoms with van der Waals surface area (Å²) in [5, 5.41) is 0. The van der Waals surface area contributed by atoms with E-state index in [-0.39, 0.29) is 24.5 Å². The van der Waals surface area contributed by atoms with E-state index in [0.717, 1.165) is 18.9 Å². The van der Waals surface area contributed by atoms with E-state index in [0.29, 0.717) is 37.8 Å². The van der Waals surface area contributed by atoms with Gasteiger partial charge in [-0.2, -0.15) is 13.2 Å². The summed E-state index contributed by atoms with van der Waals surface area (Å²) in [4.78, 5) is 42.4. The van der Waals surface area contributed by atoms with E-state index in [9.17, 15) is 27.6 Å². The number of carbonyl (C=O) groups is 3. The molecule has 0 N–H and O–H groups in total. The molecule has 1 aliphatic carbocycles. The molecule has 1 spiro atoms. The lowest BCUT2D eigenvalue weighted by Crippen LogP contribution is -2.54. The van der Waals surface area contributed by atoms with Crippen LogP contribution in [0.4, 0.5) is 18.0 Å². The van der Waals surface area contributed by atoms with Crippen molar-refractivity contribution in [3.05, 3.63) is 28.8 Å². The first-order chi connectivity index (χ1) is 17.6. The number of rotatable bonds is 3. The molecular weight excluding hydrogens is 501 g/mol. The average molecular weight is 539 g/mol. The van der Waals surface area contributed by atoms with Gasteiger partial charge in [-0.1, -0.05) is 0 Å². The van der Waals surface area contributed by atoms with Crippen LogP contribution in [0, 0.1) is 0 Å². The van der Waals surface area contributed by atoms with Crippen LogP contribution in [0.25, 0.3) is 0 Å². The third-order valence-corrected chi connectivity index (χ3v) is 7.54. The Morgan fingerprint density at radius 2 is 1.79 bits per heavy atom. The van der Waals surface area contributed by atoms with E-state index in [2.05, 4.69) is 0 Å². The number of halogens is 3. The van der Waals surface area contributed by atoms with Crippen LogP contribution in [-0.4, -0.2) is 64.0 Å². The largest absolute Gasteiger partial charge is 0.479 e. The minimum atomic E-state index is -4.80. The molecule has 210 valence electrons. The molecule has 0 radical (unpaired) electrons. The molecule has 0 unspecified atom stereocenters. The molecule has 3 aliphatic rings. The Hall–Kier alpha value is -2.78. The summed E-state index contributed by atoms with van der Waals surface area (Å²) in [6.07, 6.45) is -1.70. The number of carbonyl (C=O) groups excluding carboxylic acids is 3. The lowest BCUT2D eigenvalue weighted by molar-refractivity contribution is -0.138. The third kappa shape index (κ3) is 5.64. The number of ketones is 1. The van der Waals surface area contributed by atoms with E-state index < -0.39 is 52.6 Å². The Bertz CT molecular complexity index is 1100. The van der Waals surface area contributed by atoms with Gasteiger partial charge in [0.15, 0.2) is 11.4 Å². The van der Waals surface area contributed by atoms with Crippen LogP contribution in [0.15, 0.2) is 12.1 Å². The molecule has 1 saturated heterocycles. The van der Waals surface area contributed by atoms with Crippen LogP contribution in [0.1, 0.15) is 94.6 Å². The third-order valence-electron chi connectivity index (χ3n) is 7.54. The molecule has 1 atom stereocenters. The van der Waals surface area contributed by atoms with Crippen LogP contribution in [-0.2, 0) is 22.1 Å². The Kier molecular flexibility index (Phi) is 7.49. The van der Waals surface area contributed by atoms with E-state index in [1.165, 1.54) is 15.9 Å². The molecular formula is C28H37F3N2O5. The number of fused-ring (bicyclic) bond motifs is 1. The first-order valence-electron chi connectivity index (χ1n) is 13.4. The summed E-state index contributed by atoms with van der Waals surface area (Å²) in [5.41, 5.74) is -3.03. The van der Waals surface area contributed by atoms with Gasteiger partial charge in [0.25, 0.3) is 5.91 Å². The lowest BCUT2D eigenvalue weighted by Gasteiger charge is -2.42. The van der Waals surface area contributed by atoms with Gasteiger partial charge in [0.2, 0.25) is 0 Å². The van der Waals surface area contributed by atoms with E-state index in [1.807, 2.05) is 0 Å². The fourth-order valence-corrected chi connectivity index (χ4v) is 5.83. The molecule has 4 rings (SSSR count). The van der Waals surface area contributed by atoms with Gasteiger partial charge < -0.3 is 19.3 Å². The van der Waals surface area contributed by atoms with Crippen molar-refractivity contribution < 1.29 is 37.0 Å². The highest BCUT2D eigenvalue weighted by Gasteiger charge is 2.48. The number of hydrogen-bond acceptors (Lipinski definition) is 5. The molecule has 1 aromatic carbocycles. The van der Waals surface area contributed by atoms with Gasteiger partial charge in [0.05, 0.1) is 17.2 Å². The van der Waals surface area contributed by atoms with E-state index in [4.69, 9.17) is 9.47 Å². The predicted octanol–water partition coefficient (Wildman–Crippen LogP) is 5.77. The highest BCUT2D eigenvalue weighted by atomic mass is 19.4. The van der Waals surface area contributed by atoms with E-state index >= 15 is 0 Å². The lowest BCUT2D eigenvalue weighted by atomic mass is 9.86. The monoisotopic (exact) mass is 538 g/mol. The summed E-state index contributed by atoms with van der Waals surface area (Å²) < 4.78 is 54.3. The van der Waals surface area contributed by atoms with Crippen molar-refractivity contribution in [2.45, 2.75) is 109 Å². The summed E-state index contributed by atoms with van der Waals surface area (Å²) in [6.45, 7) is 9.36. The molecule has 0 bridgehead atoms. The summed E-state index contributed by atoms with van der Waals surface area (Å²) >= 11 is 0. The fourth-order valence-electron chi connectivity index (χ4n) is 5.83. The fraction of sp³-hybridized carbons (Fsp3) is 0.679. The number of ether oxygens (including phenoxy) is 2. The number of likely N-dealkylation sites (tertiary alicyclic amines) is 1. The van der Waals surface area contributed by atoms with Crippen molar-refractivity contribution in [3.63, 3.8) is 0 Å². The maximum absolute atomic E-state index is 14.3. The normalized spacial score (nSPS) is 21.3. The number of amides is 2. The Balaban J connectivity index is 1.67. The molecule has 1 saturated carbocycles. The zero-order valence-corrected chi connectivity index (χ0v) is 22.7. The maximum atomic E-state index is 14.3. The van der Waals surface area contributed by atoms with Gasteiger partial charge in [0.1, 0.15) is 11.4 Å². The second-order valence-electron chi connectivity index (χ2n) is 11.9. The molecule has 0 aromatic heterocycles. The SMILES string of the molecule is CC(C)N(C(=O)c1cc2c(cc1C(F)(F)F)OC1(CCCC1)C(=O)C2)[C@@H]1CCCN(C(=O)OC(C)(C)C)C1. The van der Waals surface area contributed by atoms with Gasteiger partial charge in [-0.05, 0) is 85.3 Å². The number of nitrogens with zero attached hydrogens (tertiary/aromatic N) is 2. The molecule has 2 heterocycles. The zero-order valence-electron chi connectivity index (χ0n) is 22.7. The van der Waals surface area contributed by atoms with Crippen LogP contribution < -0.4 is 4.74 Å². The molecule has 10 heteroatoms. The van der Waals surface area contributed by atoms with Crippen LogP contribution >= 0.6 is 0 Å². The average Bonchev–Trinajstić information content (AvgIpc) is 3.27. The Labute approximate surface area is 221 Å². The number of benzene rings is 1. The van der Waals surface area contributed by atoms with Gasteiger partial charge >= 0.3 is 12.3 Å². The second kappa shape index (κ2) is 10.1. The molecule has 7 nitrogen and oxygen atoms in total. The van der Waals surface area contributed by atoms with Crippen molar-refractivity contribution in [2.24, 2.45) is 0 Å². The highest BCUT2D eigenvalue weighted by Crippen LogP contribution is 2.44. The van der Waals surface area contributed by atoms with Crippen molar-refractivity contribution in [3.8, 4) is 5.75 Å². The van der Waals surface area contributed by atoms with Gasteiger partial charge in [-0.3, -0.25) is 9.59 Å². The molecule has 2 aliphatic heterocycles. The highest BCUT2D eigenvalue weighted by molar-refractivity contribution is 5.98. The number of Topliss-reactive ketones (excluding diaryl/α,β-unsaturated/α-hetero) is 1. The van der Waals surface area contributed by atoms with Crippen molar-refractivity contribution in [1.82, 2.24) is 9.80 Å². The van der Waals surface area contributed by atoms with Gasteiger partial charge in [-0.25, -0.2) is 4.79 Å². The maximum Gasteiger partial charge on any atom is 0.417 e. The quantitative estimate of drug-likeness (QED) is 0.488. The summed E-state index contributed by atoms with van der Waals surface area (Å²) in [5.74, 6) is -0.901. The number of piperidine rings is 1. The first-order valence-corrected chi connectivity index (χ1v) is 13.4.